The fraction of sp³-hybridized carbons (Fsp3) is 0.100. The smallest absolute Gasteiger partial charge is 0.223 e. The Balaban J connectivity index is 2.67. The summed E-state index contributed by atoms with van der Waals surface area (Å²) < 4.78 is 13.6. The molecule has 1 heterocycles. The summed E-state index contributed by atoms with van der Waals surface area (Å²) in [5.74, 6) is 0.120. The van der Waals surface area contributed by atoms with Crippen LogP contribution in [0.3, 0.4) is 0 Å². The summed E-state index contributed by atoms with van der Waals surface area (Å²) in [6.07, 6.45) is 0. The largest absolute Gasteiger partial charge is 0.368 e. The Morgan fingerprint density at radius 2 is 2.00 bits per heavy atom. The van der Waals surface area contributed by atoms with E-state index in [0.717, 1.165) is 0 Å². The van der Waals surface area contributed by atoms with Crippen LogP contribution in [0.1, 0.15) is 5.82 Å². The monoisotopic (exact) mass is 238 g/mol. The standard InChI is InChI=1S/C10H8ClFN4/c1-5-14-9(16-10(13)15-5)8-6(11)3-2-4-7(8)12/h2-4H,1H3,(H2,13,14,15,16). The number of nitrogens with two attached hydrogens (primary N) is 1. The van der Waals surface area contributed by atoms with E-state index in [1.807, 2.05) is 0 Å². The predicted octanol–water partition coefficient (Wildman–Crippen LogP) is 2.22. The van der Waals surface area contributed by atoms with E-state index in [1.165, 1.54) is 12.1 Å². The Morgan fingerprint density at radius 3 is 2.62 bits per heavy atom. The number of hydrogen-bond donors (Lipinski definition) is 1. The number of nitrogen functional groups attached to an aromatic ring is 1. The van der Waals surface area contributed by atoms with Crippen molar-refractivity contribution in [3.63, 3.8) is 0 Å². The van der Waals surface area contributed by atoms with Gasteiger partial charge in [0.15, 0.2) is 5.82 Å². The van der Waals surface area contributed by atoms with E-state index in [4.69, 9.17) is 17.3 Å². The average Bonchev–Trinajstić information content (AvgIpc) is 2.15. The van der Waals surface area contributed by atoms with E-state index in [-0.39, 0.29) is 22.4 Å². The molecule has 0 saturated heterocycles. The quantitative estimate of drug-likeness (QED) is 0.827. The maximum atomic E-state index is 13.6. The topological polar surface area (TPSA) is 64.7 Å². The second-order valence-electron chi connectivity index (χ2n) is 3.16. The van der Waals surface area contributed by atoms with Crippen molar-refractivity contribution in [1.29, 1.82) is 0 Å². The van der Waals surface area contributed by atoms with E-state index >= 15 is 0 Å². The normalized spacial score (nSPS) is 10.4. The van der Waals surface area contributed by atoms with Gasteiger partial charge in [-0.3, -0.25) is 0 Å². The molecule has 0 bridgehead atoms. The molecule has 1 aromatic carbocycles. The third-order valence-corrected chi connectivity index (χ3v) is 2.27. The molecule has 0 atom stereocenters. The number of aromatic nitrogens is 3. The van der Waals surface area contributed by atoms with Gasteiger partial charge in [0.25, 0.3) is 0 Å². The molecule has 2 rings (SSSR count). The molecule has 2 N–H and O–H groups in total. The molecule has 6 heteroatoms. The lowest BCUT2D eigenvalue weighted by molar-refractivity contribution is 0.630. The molecular formula is C10H8ClFN4. The zero-order valence-electron chi connectivity index (χ0n) is 8.41. The molecule has 0 aliphatic carbocycles. The van der Waals surface area contributed by atoms with Gasteiger partial charge in [0, 0.05) is 0 Å². The van der Waals surface area contributed by atoms with Crippen molar-refractivity contribution in [2.75, 3.05) is 5.73 Å². The van der Waals surface area contributed by atoms with Crippen molar-refractivity contribution in [2.45, 2.75) is 6.92 Å². The number of halogens is 2. The summed E-state index contributed by atoms with van der Waals surface area (Å²) in [4.78, 5) is 11.7. The minimum Gasteiger partial charge on any atom is -0.368 e. The molecule has 1 aromatic heterocycles. The average molecular weight is 239 g/mol. The molecule has 0 unspecified atom stereocenters. The molecule has 0 aliphatic heterocycles. The summed E-state index contributed by atoms with van der Waals surface area (Å²) in [6, 6.07) is 4.37. The van der Waals surface area contributed by atoms with Crippen molar-refractivity contribution >= 4 is 17.5 Å². The Bertz CT molecular complexity index is 504. The van der Waals surface area contributed by atoms with Crippen molar-refractivity contribution in [2.24, 2.45) is 0 Å². The van der Waals surface area contributed by atoms with Crippen LogP contribution >= 0.6 is 11.6 Å². The van der Waals surface area contributed by atoms with Crippen LogP contribution in [0, 0.1) is 12.7 Å². The first-order valence-electron chi connectivity index (χ1n) is 4.50. The van der Waals surface area contributed by atoms with Crippen molar-refractivity contribution in [3.8, 4) is 11.4 Å². The van der Waals surface area contributed by atoms with E-state index in [2.05, 4.69) is 15.0 Å². The van der Waals surface area contributed by atoms with Gasteiger partial charge in [-0.05, 0) is 19.1 Å². The molecule has 0 spiro atoms. The number of anilines is 1. The molecular weight excluding hydrogens is 231 g/mol. The Labute approximate surface area is 96.3 Å². The number of hydrogen-bond acceptors (Lipinski definition) is 4. The van der Waals surface area contributed by atoms with Gasteiger partial charge in [0.05, 0.1) is 10.6 Å². The molecule has 82 valence electrons. The van der Waals surface area contributed by atoms with E-state index in [0.29, 0.717) is 5.82 Å². The summed E-state index contributed by atoms with van der Waals surface area (Å²) in [6.45, 7) is 1.65. The zero-order valence-corrected chi connectivity index (χ0v) is 9.16. The van der Waals surface area contributed by atoms with Crippen molar-refractivity contribution in [3.05, 3.63) is 34.9 Å². The molecule has 0 fully saturated rings. The van der Waals surface area contributed by atoms with Gasteiger partial charge in [0.1, 0.15) is 11.6 Å². The lowest BCUT2D eigenvalue weighted by atomic mass is 10.2. The van der Waals surface area contributed by atoms with Crippen LogP contribution in [0.2, 0.25) is 5.02 Å². The minimum atomic E-state index is -0.488. The maximum absolute atomic E-state index is 13.6. The highest BCUT2D eigenvalue weighted by Crippen LogP contribution is 2.27. The predicted molar refractivity (Wildman–Crippen MR) is 59.4 cm³/mol. The molecule has 4 nitrogen and oxygen atoms in total. The summed E-state index contributed by atoms with van der Waals surface area (Å²) in [5.41, 5.74) is 5.61. The maximum Gasteiger partial charge on any atom is 0.223 e. The highest BCUT2D eigenvalue weighted by Gasteiger charge is 2.13. The number of rotatable bonds is 1. The van der Waals surface area contributed by atoms with Gasteiger partial charge in [-0.2, -0.15) is 9.97 Å². The first-order chi connectivity index (χ1) is 7.58. The number of benzene rings is 1. The van der Waals surface area contributed by atoms with E-state index in [9.17, 15) is 4.39 Å². The summed E-state index contributed by atoms with van der Waals surface area (Å²) in [5, 5.41) is 0.241. The Kier molecular flexibility index (Phi) is 2.70. The number of aryl methyl sites for hydroxylation is 1. The molecule has 16 heavy (non-hydrogen) atoms. The fourth-order valence-electron chi connectivity index (χ4n) is 1.33. The van der Waals surface area contributed by atoms with Gasteiger partial charge in [0.2, 0.25) is 5.95 Å². The Morgan fingerprint density at radius 1 is 1.25 bits per heavy atom. The molecule has 2 aromatic rings. The second kappa shape index (κ2) is 4.02. The lowest BCUT2D eigenvalue weighted by Crippen LogP contribution is -2.03. The van der Waals surface area contributed by atoms with Gasteiger partial charge in [-0.1, -0.05) is 17.7 Å². The highest BCUT2D eigenvalue weighted by atomic mass is 35.5. The van der Waals surface area contributed by atoms with Crippen LogP contribution in [0.5, 0.6) is 0 Å². The van der Waals surface area contributed by atoms with Crippen LogP contribution in [0.4, 0.5) is 10.3 Å². The van der Waals surface area contributed by atoms with Gasteiger partial charge in [-0.15, -0.1) is 0 Å². The fourth-order valence-corrected chi connectivity index (χ4v) is 1.57. The minimum absolute atomic E-state index is 0.0434. The first-order valence-corrected chi connectivity index (χ1v) is 4.88. The van der Waals surface area contributed by atoms with Crippen LogP contribution in [-0.2, 0) is 0 Å². The van der Waals surface area contributed by atoms with Crippen LogP contribution in [-0.4, -0.2) is 15.0 Å². The highest BCUT2D eigenvalue weighted by molar-refractivity contribution is 6.33. The van der Waals surface area contributed by atoms with Crippen molar-refractivity contribution < 1.29 is 4.39 Å². The van der Waals surface area contributed by atoms with Crippen LogP contribution in [0.15, 0.2) is 18.2 Å². The zero-order chi connectivity index (χ0) is 11.7. The Hall–Kier alpha value is -1.75. The van der Waals surface area contributed by atoms with Gasteiger partial charge < -0.3 is 5.73 Å². The van der Waals surface area contributed by atoms with Gasteiger partial charge in [-0.25, -0.2) is 9.37 Å². The third-order valence-electron chi connectivity index (χ3n) is 1.95. The van der Waals surface area contributed by atoms with E-state index < -0.39 is 5.82 Å². The number of nitrogens with zero attached hydrogens (tertiary/aromatic N) is 3. The van der Waals surface area contributed by atoms with E-state index in [1.54, 1.807) is 13.0 Å². The SMILES string of the molecule is Cc1nc(N)nc(-c2c(F)cccc2Cl)n1. The molecule has 0 amide bonds. The molecule has 0 radical (unpaired) electrons. The molecule has 0 aliphatic rings. The van der Waals surface area contributed by atoms with Crippen LogP contribution < -0.4 is 5.73 Å². The summed E-state index contributed by atoms with van der Waals surface area (Å²) >= 11 is 5.89. The van der Waals surface area contributed by atoms with Crippen molar-refractivity contribution in [1.82, 2.24) is 15.0 Å². The third kappa shape index (κ3) is 1.94. The molecule has 0 saturated carbocycles. The first kappa shape index (κ1) is 10.8. The summed E-state index contributed by atoms with van der Waals surface area (Å²) in [7, 11) is 0. The second-order valence-corrected chi connectivity index (χ2v) is 3.57. The van der Waals surface area contributed by atoms with Gasteiger partial charge >= 0.3 is 0 Å². The van der Waals surface area contributed by atoms with Crippen LogP contribution in [0.25, 0.3) is 11.4 Å². The lowest BCUT2D eigenvalue weighted by Gasteiger charge is -2.05.